The zero-order valence-corrected chi connectivity index (χ0v) is 9.74. The highest BCUT2D eigenvalue weighted by molar-refractivity contribution is 9.10. The Morgan fingerprint density at radius 1 is 1.47 bits per heavy atom. The second kappa shape index (κ2) is 4.93. The lowest BCUT2D eigenvalue weighted by Crippen LogP contribution is -2.42. The molecule has 1 aromatic carbocycles. The lowest BCUT2D eigenvalue weighted by atomic mass is 10.2. The monoisotopic (exact) mass is 270 g/mol. The first-order valence-corrected chi connectivity index (χ1v) is 5.15. The van der Waals surface area contributed by atoms with Crippen LogP contribution < -0.4 is 11.1 Å². The van der Waals surface area contributed by atoms with Gasteiger partial charge in [-0.3, -0.25) is 9.59 Å². The van der Waals surface area contributed by atoms with E-state index < -0.39 is 11.9 Å². The Bertz CT molecular complexity index is 393. The van der Waals surface area contributed by atoms with Gasteiger partial charge in [-0.25, -0.2) is 0 Å². The maximum atomic E-state index is 11.6. The molecule has 0 fully saturated rings. The SMILES string of the molecule is C[C@@H](NC(=O)c1cccc(Br)c1)C(N)=O. The Morgan fingerprint density at radius 3 is 2.67 bits per heavy atom. The zero-order valence-electron chi connectivity index (χ0n) is 8.16. The van der Waals surface area contributed by atoms with Crippen LogP contribution in [-0.2, 0) is 4.79 Å². The second-order valence-corrected chi connectivity index (χ2v) is 4.02. The highest BCUT2D eigenvalue weighted by Crippen LogP contribution is 2.11. The summed E-state index contributed by atoms with van der Waals surface area (Å²) in [5, 5.41) is 2.49. The van der Waals surface area contributed by atoms with Gasteiger partial charge in [-0.2, -0.15) is 0 Å². The molecule has 15 heavy (non-hydrogen) atoms. The highest BCUT2D eigenvalue weighted by Gasteiger charge is 2.13. The van der Waals surface area contributed by atoms with Crippen LogP contribution in [0.2, 0.25) is 0 Å². The van der Waals surface area contributed by atoms with E-state index in [1.54, 1.807) is 18.2 Å². The fourth-order valence-corrected chi connectivity index (χ4v) is 1.38. The smallest absolute Gasteiger partial charge is 0.251 e. The first-order valence-electron chi connectivity index (χ1n) is 4.36. The number of primary amides is 1. The van der Waals surface area contributed by atoms with Gasteiger partial charge in [0.05, 0.1) is 0 Å². The van der Waals surface area contributed by atoms with Crippen molar-refractivity contribution in [3.8, 4) is 0 Å². The Kier molecular flexibility index (Phi) is 3.85. The second-order valence-electron chi connectivity index (χ2n) is 3.11. The van der Waals surface area contributed by atoms with Crippen LogP contribution in [0, 0.1) is 0 Å². The molecule has 1 atom stereocenters. The first-order chi connectivity index (χ1) is 7.00. The third-order valence-electron chi connectivity index (χ3n) is 1.86. The van der Waals surface area contributed by atoms with Gasteiger partial charge in [0.25, 0.3) is 5.91 Å². The van der Waals surface area contributed by atoms with Crippen LogP contribution in [0.3, 0.4) is 0 Å². The van der Waals surface area contributed by atoms with Crippen molar-refractivity contribution < 1.29 is 9.59 Å². The summed E-state index contributed by atoms with van der Waals surface area (Å²) in [7, 11) is 0. The topological polar surface area (TPSA) is 72.2 Å². The number of amides is 2. The molecule has 2 amide bonds. The molecule has 4 nitrogen and oxygen atoms in total. The molecule has 0 radical (unpaired) electrons. The van der Waals surface area contributed by atoms with E-state index in [2.05, 4.69) is 21.2 Å². The normalized spacial score (nSPS) is 11.9. The summed E-state index contributed by atoms with van der Waals surface area (Å²) in [5.41, 5.74) is 5.51. The highest BCUT2D eigenvalue weighted by atomic mass is 79.9. The molecule has 0 aliphatic rings. The zero-order chi connectivity index (χ0) is 11.4. The maximum Gasteiger partial charge on any atom is 0.251 e. The van der Waals surface area contributed by atoms with E-state index in [1.165, 1.54) is 6.92 Å². The van der Waals surface area contributed by atoms with Crippen LogP contribution >= 0.6 is 15.9 Å². The molecule has 0 aromatic heterocycles. The number of nitrogens with one attached hydrogen (secondary N) is 1. The minimum absolute atomic E-state index is 0.317. The third kappa shape index (κ3) is 3.36. The van der Waals surface area contributed by atoms with Gasteiger partial charge in [-0.05, 0) is 25.1 Å². The summed E-state index contributed by atoms with van der Waals surface area (Å²) >= 11 is 3.25. The lowest BCUT2D eigenvalue weighted by molar-refractivity contribution is -0.119. The maximum absolute atomic E-state index is 11.6. The van der Waals surface area contributed by atoms with Crippen LogP contribution in [0.15, 0.2) is 28.7 Å². The van der Waals surface area contributed by atoms with Crippen molar-refractivity contribution >= 4 is 27.7 Å². The molecule has 3 N–H and O–H groups in total. The summed E-state index contributed by atoms with van der Waals surface area (Å²) in [5.74, 6) is -0.874. The van der Waals surface area contributed by atoms with E-state index in [4.69, 9.17) is 5.73 Å². The molecular weight excluding hydrogens is 260 g/mol. The van der Waals surface area contributed by atoms with Crippen molar-refractivity contribution in [2.24, 2.45) is 5.73 Å². The van der Waals surface area contributed by atoms with Gasteiger partial charge in [0.1, 0.15) is 6.04 Å². The number of carbonyl (C=O) groups is 2. The minimum Gasteiger partial charge on any atom is -0.368 e. The van der Waals surface area contributed by atoms with Crippen LogP contribution in [-0.4, -0.2) is 17.9 Å². The van der Waals surface area contributed by atoms with Crippen LogP contribution in [0.1, 0.15) is 17.3 Å². The Labute approximate surface area is 96.0 Å². The molecular formula is C10H11BrN2O2. The van der Waals surface area contributed by atoms with Gasteiger partial charge in [0.15, 0.2) is 0 Å². The van der Waals surface area contributed by atoms with Crippen molar-refractivity contribution in [1.29, 1.82) is 0 Å². The summed E-state index contributed by atoms with van der Waals surface area (Å²) in [6.07, 6.45) is 0. The van der Waals surface area contributed by atoms with Gasteiger partial charge in [0, 0.05) is 10.0 Å². The Hall–Kier alpha value is -1.36. The molecule has 0 heterocycles. The predicted octanol–water partition coefficient (Wildman–Crippen LogP) is 1.05. The molecule has 80 valence electrons. The fraction of sp³-hybridized carbons (Fsp3) is 0.200. The van der Waals surface area contributed by atoms with Crippen LogP contribution in [0.25, 0.3) is 0 Å². The first kappa shape index (κ1) is 11.7. The Morgan fingerprint density at radius 2 is 2.13 bits per heavy atom. The van der Waals surface area contributed by atoms with Gasteiger partial charge in [-0.1, -0.05) is 22.0 Å². The summed E-state index contributed by atoms with van der Waals surface area (Å²) in [6, 6.07) is 6.22. The van der Waals surface area contributed by atoms with Crippen LogP contribution in [0.4, 0.5) is 0 Å². The molecule has 1 rings (SSSR count). The largest absolute Gasteiger partial charge is 0.368 e. The molecule has 0 saturated carbocycles. The number of hydrogen-bond acceptors (Lipinski definition) is 2. The summed E-state index contributed by atoms with van der Waals surface area (Å²) in [6.45, 7) is 1.54. The average Bonchev–Trinajstić information content (AvgIpc) is 2.17. The molecule has 5 heteroatoms. The van der Waals surface area contributed by atoms with Crippen molar-refractivity contribution in [1.82, 2.24) is 5.32 Å². The molecule has 1 aromatic rings. The average molecular weight is 271 g/mol. The minimum atomic E-state index is -0.670. The number of carbonyl (C=O) groups excluding carboxylic acids is 2. The molecule has 0 spiro atoms. The van der Waals surface area contributed by atoms with Crippen LogP contribution in [0.5, 0.6) is 0 Å². The molecule has 0 unspecified atom stereocenters. The number of hydrogen-bond donors (Lipinski definition) is 2. The van der Waals surface area contributed by atoms with E-state index in [0.29, 0.717) is 5.56 Å². The molecule has 0 aliphatic carbocycles. The number of benzene rings is 1. The van der Waals surface area contributed by atoms with Gasteiger partial charge in [0.2, 0.25) is 5.91 Å². The quantitative estimate of drug-likeness (QED) is 0.862. The van der Waals surface area contributed by atoms with E-state index in [0.717, 1.165) is 4.47 Å². The summed E-state index contributed by atoms with van der Waals surface area (Å²) in [4.78, 5) is 22.3. The van der Waals surface area contributed by atoms with Gasteiger partial charge in [-0.15, -0.1) is 0 Å². The van der Waals surface area contributed by atoms with E-state index >= 15 is 0 Å². The van der Waals surface area contributed by atoms with Crippen molar-refractivity contribution in [3.63, 3.8) is 0 Å². The molecule has 0 aliphatic heterocycles. The Balaban J connectivity index is 2.73. The third-order valence-corrected chi connectivity index (χ3v) is 2.35. The van der Waals surface area contributed by atoms with E-state index in [-0.39, 0.29) is 5.91 Å². The van der Waals surface area contributed by atoms with Gasteiger partial charge >= 0.3 is 0 Å². The molecule has 0 saturated heterocycles. The fourth-order valence-electron chi connectivity index (χ4n) is 0.981. The van der Waals surface area contributed by atoms with E-state index in [1.807, 2.05) is 6.07 Å². The summed E-state index contributed by atoms with van der Waals surface area (Å²) < 4.78 is 0.807. The number of halogens is 1. The number of rotatable bonds is 3. The number of nitrogens with two attached hydrogens (primary N) is 1. The standard InChI is InChI=1S/C10H11BrN2O2/c1-6(9(12)14)13-10(15)7-3-2-4-8(11)5-7/h2-6H,1H3,(H2,12,14)(H,13,15)/t6-/m1/s1. The van der Waals surface area contributed by atoms with E-state index in [9.17, 15) is 9.59 Å². The van der Waals surface area contributed by atoms with Crippen molar-refractivity contribution in [2.75, 3.05) is 0 Å². The van der Waals surface area contributed by atoms with Crippen molar-refractivity contribution in [3.05, 3.63) is 34.3 Å². The molecule has 0 bridgehead atoms. The van der Waals surface area contributed by atoms with Crippen molar-refractivity contribution in [2.45, 2.75) is 13.0 Å². The van der Waals surface area contributed by atoms with Gasteiger partial charge < -0.3 is 11.1 Å². The lowest BCUT2D eigenvalue weighted by Gasteiger charge is -2.09. The predicted molar refractivity (Wildman–Crippen MR) is 60.3 cm³/mol.